The second-order valence-electron chi connectivity index (χ2n) is 19.0. The summed E-state index contributed by atoms with van der Waals surface area (Å²) >= 11 is 0. The number of furan rings is 1. The number of hydrogen-bond acceptors (Lipinski definition) is 19. The molecule has 1 aliphatic heterocycles. The fourth-order valence-corrected chi connectivity index (χ4v) is 13.7. The summed E-state index contributed by atoms with van der Waals surface area (Å²) in [5, 5.41) is 26.6. The number of amides is 3. The summed E-state index contributed by atoms with van der Waals surface area (Å²) in [5.41, 5.74) is 2.81. The molecule has 1 saturated carbocycles. The van der Waals surface area contributed by atoms with Gasteiger partial charge in [0.15, 0.2) is 5.76 Å². The smallest absolute Gasteiger partial charge is 0.469 e. The van der Waals surface area contributed by atoms with E-state index in [4.69, 9.17) is 37.9 Å². The monoisotopic (exact) mass is 1650 g/mol. The Bertz CT molecular complexity index is 3150. The van der Waals surface area contributed by atoms with E-state index in [0.717, 1.165) is 67.1 Å². The Morgan fingerprint density at radius 2 is 1.69 bits per heavy atom. The first kappa shape index (κ1) is 58.8. The molecule has 0 saturated heterocycles. The van der Waals surface area contributed by atoms with Gasteiger partial charge in [0, 0.05) is 77.7 Å². The van der Waals surface area contributed by atoms with Crippen molar-refractivity contribution in [1.82, 2.24) is 10.6 Å². The third-order valence-corrected chi connectivity index (χ3v) is 17.3. The fraction of sp³-hybridized carbons (Fsp3) is 0.392. The molecule has 3 aromatic carbocycles. The van der Waals surface area contributed by atoms with Crippen LogP contribution < -0.4 is 15.5 Å². The summed E-state index contributed by atoms with van der Waals surface area (Å²) in [6.45, 7) is -1.19. The van der Waals surface area contributed by atoms with Gasteiger partial charge in [-0.15, -0.1) is 0 Å². The molecular formula is C51H51Fm2N4O20PS2. The first-order chi connectivity index (χ1) is 37.3. The number of esters is 1. The quantitative estimate of drug-likeness (QED) is 0.0109. The summed E-state index contributed by atoms with van der Waals surface area (Å²) in [6, 6.07) is 17.3. The van der Waals surface area contributed by atoms with Crippen molar-refractivity contribution >= 4 is 82.4 Å². The summed E-state index contributed by atoms with van der Waals surface area (Å²) in [6.07, 6.45) is -3.04. The van der Waals surface area contributed by atoms with Crippen molar-refractivity contribution in [2.24, 2.45) is 11.3 Å². The number of phosphoric acid groups is 1. The van der Waals surface area contributed by atoms with E-state index in [0.29, 0.717) is 6.42 Å². The number of allylic oxidation sites excluding steroid dienone is 1. The summed E-state index contributed by atoms with van der Waals surface area (Å²) < 4.78 is 50.2. The van der Waals surface area contributed by atoms with Crippen LogP contribution >= 0.6 is 29.4 Å². The van der Waals surface area contributed by atoms with Gasteiger partial charge in [-0.05, 0) is 40.3 Å². The number of anilines is 1. The number of rotatable bonds is 22. The third-order valence-electron chi connectivity index (χ3n) is 14.4. The van der Waals surface area contributed by atoms with Gasteiger partial charge in [-0.25, -0.2) is 23.7 Å². The molecule has 5 aliphatic rings. The van der Waals surface area contributed by atoms with Crippen molar-refractivity contribution < 1.29 is 90.6 Å². The summed E-state index contributed by atoms with van der Waals surface area (Å²) in [4.78, 5) is 126. The van der Waals surface area contributed by atoms with E-state index in [2.05, 4.69) is 15.2 Å². The van der Waals surface area contributed by atoms with Crippen molar-refractivity contribution in [2.75, 3.05) is 63.9 Å². The average Bonchev–Trinajstić information content (AvgIpc) is 3.54. The number of nitrogens with zero attached hydrogens (tertiary/aromatic N) is 2. The molecule has 0 radical (unpaired) electrons. The number of aliphatic carboxylic acids is 1. The minimum atomic E-state index is -4.91. The van der Waals surface area contributed by atoms with Gasteiger partial charge in [0.05, 0.1) is 42.9 Å². The van der Waals surface area contributed by atoms with Crippen LogP contribution in [0.25, 0.3) is 11.1 Å². The molecule has 6 unspecified atom stereocenters. The van der Waals surface area contributed by atoms with Crippen LogP contribution in [0.15, 0.2) is 93.5 Å². The second kappa shape index (κ2) is 24.0. The zero-order chi connectivity index (χ0) is 55.6. The molecule has 6 atom stereocenters. The molecule has 80 heavy (non-hydrogen) atoms. The SMILES string of the molecule is COCC1OC(=O)c2coc3c2C1C1=C(C3=O)C2CCC(=O)C2(C)CC1OC(=O)N(CCOCC(=O)O)c1ccc([N+](=O)[O-])cc1SSCC(NC(=O)OCC1c2ccccc2-c2ccccc21)C(=O)NCCOP(=O)(O)O.[Fm].[Fm]. The number of benzene rings is 3. The number of fused-ring (bicyclic) bond motifs is 6. The van der Waals surface area contributed by atoms with Crippen molar-refractivity contribution in [3.05, 3.63) is 122 Å². The number of alkyl carbamates (subject to hydrolysis) is 1. The molecule has 1 fully saturated rings. The maximum absolute atomic E-state index is 15.0. The van der Waals surface area contributed by atoms with Crippen LogP contribution in [0, 0.1) is 21.4 Å². The Balaban J connectivity index is 0.00000462. The maximum Gasteiger partial charge on any atom is 0.469 e. The third kappa shape index (κ3) is 11.6. The molecule has 4 aromatic rings. The molecule has 4 aliphatic carbocycles. The Labute approximate surface area is 451 Å². The first-order valence-corrected chi connectivity index (χ1v) is 28.2. The van der Waals surface area contributed by atoms with E-state index in [-0.39, 0.29) is 82.1 Å². The van der Waals surface area contributed by atoms with Gasteiger partial charge in [0.25, 0.3) is 5.69 Å². The fourth-order valence-electron chi connectivity index (χ4n) is 11.0. The van der Waals surface area contributed by atoms with Crippen LogP contribution in [0.5, 0.6) is 0 Å². The number of ketones is 2. The number of non-ortho nitro benzene ring substituents is 1. The Kier molecular flexibility index (Phi) is 17.6. The number of carboxylic acid groups (broad SMARTS) is 1. The molecule has 2 heterocycles. The molecule has 3 amide bonds. The van der Waals surface area contributed by atoms with Crippen molar-refractivity contribution in [3.8, 4) is 11.1 Å². The van der Waals surface area contributed by atoms with E-state index in [9.17, 15) is 48.6 Å². The maximum atomic E-state index is 15.0. The van der Waals surface area contributed by atoms with Gasteiger partial charge in [0.1, 0.15) is 49.1 Å². The van der Waals surface area contributed by atoms with Crippen molar-refractivity contribution in [1.29, 1.82) is 0 Å². The summed E-state index contributed by atoms with van der Waals surface area (Å²) in [7, 11) is -1.78. The van der Waals surface area contributed by atoms with Crippen LogP contribution in [0.3, 0.4) is 0 Å². The van der Waals surface area contributed by atoms with Crippen LogP contribution in [0.1, 0.15) is 75.6 Å². The number of carbonyl (C=O) groups excluding carboxylic acids is 6. The average molecular weight is 1650 g/mol. The van der Waals surface area contributed by atoms with E-state index in [1.54, 1.807) is 6.92 Å². The number of nitro groups is 1. The zero-order valence-corrected chi connectivity index (χ0v) is 49.5. The van der Waals surface area contributed by atoms with Crippen molar-refractivity contribution in [2.45, 2.75) is 61.2 Å². The van der Waals surface area contributed by atoms with Gasteiger partial charge in [-0.3, -0.25) is 33.9 Å². The topological polar surface area (TPSA) is 336 Å². The molecule has 9 rings (SSSR count). The van der Waals surface area contributed by atoms with Crippen LogP contribution in [-0.4, -0.2) is 139 Å². The van der Waals surface area contributed by atoms with Crippen LogP contribution in [0.2, 0.25) is 0 Å². The number of cyclic esters (lactones) is 1. The Morgan fingerprint density at radius 3 is 2.35 bits per heavy atom. The normalized spacial score (nSPS) is 20.8. The minimum Gasteiger partial charge on any atom is -0.480 e. The molecule has 1 aromatic heterocycles. The largest absolute Gasteiger partial charge is 0.480 e. The Hall–Kier alpha value is -8.90. The predicted octanol–water partition coefficient (Wildman–Crippen LogP) is 6.32. The molecule has 29 heteroatoms. The number of carbonyl (C=O) groups is 7. The van der Waals surface area contributed by atoms with E-state index >= 15 is 4.79 Å². The summed E-state index contributed by atoms with van der Waals surface area (Å²) in [5.74, 6) is -5.97. The number of Topliss-reactive ketones (excluding diaryl/α,β-unsaturated/α-hetero) is 2. The minimum absolute atomic E-state index is 0. The molecule has 0 spiro atoms. The van der Waals surface area contributed by atoms with E-state index in [1.165, 1.54) is 13.2 Å². The molecule has 5 N–H and O–H groups in total. The van der Waals surface area contributed by atoms with Crippen LogP contribution in [-0.2, 0) is 47.2 Å². The second-order valence-corrected chi connectivity index (χ2v) is 22.6. The zero-order valence-electron chi connectivity index (χ0n) is 42.2. The molecule has 24 nitrogen and oxygen atoms in total. The van der Waals surface area contributed by atoms with Gasteiger partial charge in [-0.1, -0.05) is 77.0 Å². The van der Waals surface area contributed by atoms with E-state index in [1.807, 2.05) is 48.5 Å². The number of methoxy groups -OCH3 is 1. The number of hydrogen-bond donors (Lipinski definition) is 5. The van der Waals surface area contributed by atoms with E-state index < -0.39 is 123 Å². The standard InChI is InChI=1S/C51H51N4O20PS2.2Fm/c1-51-20-36(43-42(33(51)12-14-39(51)56)45(59)46-41-32(22-71-46)48(61)74-37(23-69-2)44(41)43)75-50(63)54(16-18-70-24-40(57)58)35-13-11-26(55(64)65)19-38(35)78-77-25-34(47(60)52-15-17-73-76(66,67)68)53-49(62)72-21-31-29-9-5-3-7-27(29)28-8-4-6-10-30(28)31;;/h3-11,13,19,22,31,33-34,36-37,44H,12,14-18,20-21,23-25H2,1-2H3,(H,52,60)(H,53,62)(H,57,58)(H2,66,67,68);;. The van der Waals surface area contributed by atoms with Crippen molar-refractivity contribution in [3.63, 3.8) is 0 Å². The van der Waals surface area contributed by atoms with Gasteiger partial charge in [-0.2, -0.15) is 0 Å². The van der Waals surface area contributed by atoms with Gasteiger partial charge >= 0.3 is 31.9 Å². The van der Waals surface area contributed by atoms with Gasteiger partial charge < -0.3 is 53.6 Å². The number of carboxylic acids is 1. The molecular weight excluding hydrogens is 1600 g/mol. The number of ether oxygens (including phenoxy) is 5. The van der Waals surface area contributed by atoms with Gasteiger partial charge in [0.2, 0.25) is 11.7 Å². The predicted molar refractivity (Wildman–Crippen MR) is 275 cm³/mol. The molecule has 0 bridgehead atoms. The van der Waals surface area contributed by atoms with Crippen LogP contribution in [0.4, 0.5) is 21.0 Å². The number of phosphoric ester groups is 1. The number of nitrogens with one attached hydrogen (secondary N) is 2. The number of nitro benzene ring substituents is 1. The Morgan fingerprint density at radius 1 is 0.988 bits per heavy atom. The molecule has 436 valence electrons. The first-order valence-electron chi connectivity index (χ1n) is 24.4.